The molecule has 0 radical (unpaired) electrons. The summed E-state index contributed by atoms with van der Waals surface area (Å²) in [6, 6.07) is 8.91. The molecule has 0 aliphatic heterocycles. The molecule has 0 N–H and O–H groups in total. The fraction of sp³-hybridized carbons (Fsp3) is 0.333. The lowest BCUT2D eigenvalue weighted by molar-refractivity contribution is 0.361. The Kier molecular flexibility index (Phi) is 6.78. The van der Waals surface area contributed by atoms with E-state index in [4.69, 9.17) is 15.3 Å². The highest BCUT2D eigenvalue weighted by atomic mass is 16.5. The zero-order valence-corrected chi connectivity index (χ0v) is 12.8. The topological polar surface area (TPSA) is 56.8 Å². The van der Waals surface area contributed by atoms with Crippen LogP contribution in [0.5, 0.6) is 5.75 Å². The fourth-order valence-electron chi connectivity index (χ4n) is 1.77. The smallest absolute Gasteiger partial charge is 0.121 e. The van der Waals surface area contributed by atoms with Crippen molar-refractivity contribution >= 4 is 0 Å². The molecule has 3 heteroatoms. The maximum Gasteiger partial charge on any atom is 0.121 e. The minimum atomic E-state index is 0.347. The first-order valence-electron chi connectivity index (χ1n) is 6.93. The van der Waals surface area contributed by atoms with E-state index in [1.54, 1.807) is 18.2 Å². The molecule has 0 saturated heterocycles. The van der Waals surface area contributed by atoms with Crippen LogP contribution in [0.2, 0.25) is 0 Å². The van der Waals surface area contributed by atoms with Crippen LogP contribution in [0.15, 0.2) is 41.5 Å². The van der Waals surface area contributed by atoms with E-state index in [1.165, 1.54) is 11.1 Å². The van der Waals surface area contributed by atoms with Gasteiger partial charge in [-0.3, -0.25) is 0 Å². The summed E-state index contributed by atoms with van der Waals surface area (Å²) in [5, 5.41) is 17.8. The van der Waals surface area contributed by atoms with Gasteiger partial charge < -0.3 is 4.74 Å². The molecule has 108 valence electrons. The number of rotatable bonds is 6. The highest BCUT2D eigenvalue weighted by Crippen LogP contribution is 2.17. The maximum absolute atomic E-state index is 8.96. The van der Waals surface area contributed by atoms with Gasteiger partial charge in [0.15, 0.2) is 0 Å². The predicted octanol–water partition coefficient (Wildman–Crippen LogP) is 4.50. The monoisotopic (exact) mass is 280 g/mol. The van der Waals surface area contributed by atoms with E-state index in [0.717, 1.165) is 12.8 Å². The average molecular weight is 280 g/mol. The highest BCUT2D eigenvalue weighted by Gasteiger charge is 2.03. The first-order valence-corrected chi connectivity index (χ1v) is 6.93. The van der Waals surface area contributed by atoms with Crippen LogP contribution >= 0.6 is 0 Å². The van der Waals surface area contributed by atoms with E-state index in [0.29, 0.717) is 23.5 Å². The molecule has 0 aliphatic rings. The number of nitrogens with zero attached hydrogens (tertiary/aromatic N) is 2. The van der Waals surface area contributed by atoms with Crippen LogP contribution in [0, 0.1) is 22.7 Å². The van der Waals surface area contributed by atoms with Crippen molar-refractivity contribution in [3.63, 3.8) is 0 Å². The number of nitriles is 2. The SMILES string of the molecule is CC(C)=CCCC(C)=CCOc1ccc(C#N)c(C#N)c1. The molecule has 0 fully saturated rings. The lowest BCUT2D eigenvalue weighted by Crippen LogP contribution is -1.96. The fourth-order valence-corrected chi connectivity index (χ4v) is 1.77. The number of hydrogen-bond acceptors (Lipinski definition) is 3. The van der Waals surface area contributed by atoms with Crippen molar-refractivity contribution in [2.45, 2.75) is 33.6 Å². The second-order valence-electron chi connectivity index (χ2n) is 5.11. The number of ether oxygens (including phenoxy) is 1. The van der Waals surface area contributed by atoms with Crippen molar-refractivity contribution in [3.05, 3.63) is 52.6 Å². The van der Waals surface area contributed by atoms with E-state index in [1.807, 2.05) is 18.2 Å². The quantitative estimate of drug-likeness (QED) is 0.721. The standard InChI is InChI=1S/C18H20N2O/c1-14(2)5-4-6-15(3)9-10-21-18-8-7-16(12-19)17(11-18)13-20/h5,7-9,11H,4,6,10H2,1-3H3. The summed E-state index contributed by atoms with van der Waals surface area (Å²) >= 11 is 0. The summed E-state index contributed by atoms with van der Waals surface area (Å²) in [5.74, 6) is 0.610. The van der Waals surface area contributed by atoms with Crippen molar-refractivity contribution in [3.8, 4) is 17.9 Å². The van der Waals surface area contributed by atoms with E-state index in [9.17, 15) is 0 Å². The van der Waals surface area contributed by atoms with Crippen molar-refractivity contribution in [1.29, 1.82) is 10.5 Å². The molecule has 1 aromatic rings. The van der Waals surface area contributed by atoms with Gasteiger partial charge in [-0.25, -0.2) is 0 Å². The van der Waals surface area contributed by atoms with Gasteiger partial charge in [-0.15, -0.1) is 0 Å². The van der Waals surface area contributed by atoms with Crippen LogP contribution in [0.3, 0.4) is 0 Å². The van der Waals surface area contributed by atoms with E-state index >= 15 is 0 Å². The van der Waals surface area contributed by atoms with Gasteiger partial charge >= 0.3 is 0 Å². The van der Waals surface area contributed by atoms with Crippen LogP contribution in [-0.2, 0) is 0 Å². The molecule has 0 spiro atoms. The minimum absolute atomic E-state index is 0.347. The molecular formula is C18H20N2O. The van der Waals surface area contributed by atoms with Gasteiger partial charge in [-0.2, -0.15) is 10.5 Å². The third kappa shape index (κ3) is 5.97. The Balaban J connectivity index is 2.54. The summed E-state index contributed by atoms with van der Waals surface area (Å²) in [7, 11) is 0. The lowest BCUT2D eigenvalue weighted by Gasteiger charge is -2.05. The van der Waals surface area contributed by atoms with Crippen LogP contribution in [0.4, 0.5) is 0 Å². The van der Waals surface area contributed by atoms with Gasteiger partial charge in [-0.05, 0) is 57.9 Å². The molecule has 0 aromatic heterocycles. The van der Waals surface area contributed by atoms with Gasteiger partial charge in [0.05, 0.1) is 11.1 Å². The molecule has 3 nitrogen and oxygen atoms in total. The predicted molar refractivity (Wildman–Crippen MR) is 83.8 cm³/mol. The van der Waals surface area contributed by atoms with Crippen LogP contribution < -0.4 is 4.74 Å². The minimum Gasteiger partial charge on any atom is -0.489 e. The molecule has 0 unspecified atom stereocenters. The Hall–Kier alpha value is -2.52. The Morgan fingerprint density at radius 3 is 2.43 bits per heavy atom. The summed E-state index contributed by atoms with van der Waals surface area (Å²) in [6.45, 7) is 6.75. The molecular weight excluding hydrogens is 260 g/mol. The average Bonchev–Trinajstić information content (AvgIpc) is 2.46. The molecule has 21 heavy (non-hydrogen) atoms. The zero-order chi connectivity index (χ0) is 15.7. The molecule has 1 aromatic carbocycles. The highest BCUT2D eigenvalue weighted by molar-refractivity contribution is 5.49. The second kappa shape index (κ2) is 8.61. The number of allylic oxidation sites excluding steroid dienone is 3. The third-order valence-electron chi connectivity index (χ3n) is 3.00. The van der Waals surface area contributed by atoms with Gasteiger partial charge in [0.1, 0.15) is 24.5 Å². The Bertz CT molecular complexity index is 624. The Morgan fingerprint density at radius 2 is 1.81 bits per heavy atom. The maximum atomic E-state index is 8.96. The van der Waals surface area contributed by atoms with Crippen molar-refractivity contribution in [1.82, 2.24) is 0 Å². The first-order chi connectivity index (χ1) is 10.1. The van der Waals surface area contributed by atoms with Crippen molar-refractivity contribution in [2.75, 3.05) is 6.61 Å². The van der Waals surface area contributed by atoms with E-state index in [2.05, 4.69) is 26.8 Å². The summed E-state index contributed by atoms with van der Waals surface area (Å²) in [5.41, 5.74) is 3.33. The van der Waals surface area contributed by atoms with Gasteiger partial charge in [-0.1, -0.05) is 17.2 Å². The summed E-state index contributed by atoms with van der Waals surface area (Å²) in [4.78, 5) is 0. The number of benzene rings is 1. The first kappa shape index (κ1) is 16.5. The van der Waals surface area contributed by atoms with E-state index in [-0.39, 0.29) is 0 Å². The van der Waals surface area contributed by atoms with Gasteiger partial charge in [0.2, 0.25) is 0 Å². The zero-order valence-electron chi connectivity index (χ0n) is 12.8. The van der Waals surface area contributed by atoms with Gasteiger partial charge in [0, 0.05) is 0 Å². The Labute approximate surface area is 126 Å². The largest absolute Gasteiger partial charge is 0.489 e. The Morgan fingerprint density at radius 1 is 1.10 bits per heavy atom. The molecule has 0 atom stereocenters. The summed E-state index contributed by atoms with van der Waals surface area (Å²) < 4.78 is 5.59. The molecule has 1 rings (SSSR count). The lowest BCUT2D eigenvalue weighted by atomic mass is 10.1. The number of hydrogen-bond donors (Lipinski definition) is 0. The third-order valence-corrected chi connectivity index (χ3v) is 3.00. The van der Waals surface area contributed by atoms with Crippen molar-refractivity contribution in [2.24, 2.45) is 0 Å². The van der Waals surface area contributed by atoms with Crippen molar-refractivity contribution < 1.29 is 4.74 Å². The summed E-state index contributed by atoms with van der Waals surface area (Å²) in [6.07, 6.45) is 6.33. The van der Waals surface area contributed by atoms with E-state index < -0.39 is 0 Å². The van der Waals surface area contributed by atoms with Crippen LogP contribution in [0.1, 0.15) is 44.7 Å². The second-order valence-corrected chi connectivity index (χ2v) is 5.11. The molecule has 0 bridgehead atoms. The van der Waals surface area contributed by atoms with Crippen LogP contribution in [0.25, 0.3) is 0 Å². The molecule has 0 saturated carbocycles. The molecule has 0 amide bonds. The van der Waals surface area contributed by atoms with Gasteiger partial charge in [0.25, 0.3) is 0 Å². The molecule has 0 heterocycles. The molecule has 0 aliphatic carbocycles. The normalized spacial score (nSPS) is 10.4. The van der Waals surface area contributed by atoms with Crippen LogP contribution in [-0.4, -0.2) is 6.61 Å².